The minimum atomic E-state index is 0.461. The second kappa shape index (κ2) is 4.70. The first kappa shape index (κ1) is 11.8. The molecule has 4 heteroatoms. The highest BCUT2D eigenvalue weighted by Gasteiger charge is 2.05. The number of nitrogens with one attached hydrogen (secondary N) is 1. The van der Waals surface area contributed by atoms with Gasteiger partial charge in [0, 0.05) is 10.7 Å². The van der Waals surface area contributed by atoms with Crippen molar-refractivity contribution < 1.29 is 0 Å². The highest BCUT2D eigenvalue weighted by molar-refractivity contribution is 7.71. The van der Waals surface area contributed by atoms with E-state index in [0.29, 0.717) is 15.2 Å². The molecule has 2 rings (SSSR count). The lowest BCUT2D eigenvalue weighted by atomic mass is 10.1. The molecule has 0 spiro atoms. The SMILES string of the molecule is Cc1cc(C#N)c(=S)[nH]c1-c1ccc(Cl)cc1. The number of halogens is 1. The standard InChI is InChI=1S/C13H9ClN2S/c1-8-6-10(7-15)13(17)16-12(8)9-2-4-11(14)5-3-9/h2-6H,1H3,(H,16,17). The number of nitriles is 1. The lowest BCUT2D eigenvalue weighted by Crippen LogP contribution is -1.92. The Hall–Kier alpha value is -1.63. The third kappa shape index (κ3) is 2.38. The Bertz CT molecular complexity index is 651. The van der Waals surface area contributed by atoms with Crippen LogP contribution in [0.5, 0.6) is 0 Å². The molecule has 0 atom stereocenters. The van der Waals surface area contributed by atoms with Crippen LogP contribution < -0.4 is 0 Å². The molecule has 0 saturated carbocycles. The van der Waals surface area contributed by atoms with Crippen LogP contribution in [0.4, 0.5) is 0 Å². The zero-order chi connectivity index (χ0) is 12.4. The van der Waals surface area contributed by atoms with Gasteiger partial charge in [0.2, 0.25) is 0 Å². The van der Waals surface area contributed by atoms with Crippen molar-refractivity contribution in [3.8, 4) is 17.3 Å². The first-order valence-electron chi connectivity index (χ1n) is 5.02. The van der Waals surface area contributed by atoms with Gasteiger partial charge in [0.1, 0.15) is 10.7 Å². The first-order valence-corrected chi connectivity index (χ1v) is 5.80. The van der Waals surface area contributed by atoms with Crippen molar-refractivity contribution >= 4 is 23.8 Å². The summed E-state index contributed by atoms with van der Waals surface area (Å²) in [6, 6.07) is 11.3. The molecule has 17 heavy (non-hydrogen) atoms. The third-order valence-electron chi connectivity index (χ3n) is 2.49. The quantitative estimate of drug-likeness (QED) is 0.779. The molecule has 0 bridgehead atoms. The van der Waals surface area contributed by atoms with Crippen LogP contribution in [-0.4, -0.2) is 4.98 Å². The van der Waals surface area contributed by atoms with Crippen molar-refractivity contribution in [1.82, 2.24) is 4.98 Å². The Morgan fingerprint density at radius 1 is 1.29 bits per heavy atom. The summed E-state index contributed by atoms with van der Waals surface area (Å²) in [5.74, 6) is 0. The normalized spacial score (nSPS) is 9.94. The summed E-state index contributed by atoms with van der Waals surface area (Å²) in [5, 5.41) is 9.58. The average molecular weight is 261 g/mol. The van der Waals surface area contributed by atoms with Crippen LogP contribution in [0.1, 0.15) is 11.1 Å². The van der Waals surface area contributed by atoms with E-state index in [0.717, 1.165) is 16.8 Å². The van der Waals surface area contributed by atoms with Gasteiger partial charge >= 0.3 is 0 Å². The Morgan fingerprint density at radius 2 is 1.94 bits per heavy atom. The highest BCUT2D eigenvalue weighted by atomic mass is 35.5. The van der Waals surface area contributed by atoms with E-state index in [2.05, 4.69) is 11.1 Å². The average Bonchev–Trinajstić information content (AvgIpc) is 2.33. The molecule has 0 saturated heterocycles. The molecule has 0 aliphatic rings. The van der Waals surface area contributed by atoms with Gasteiger partial charge in [-0.1, -0.05) is 36.0 Å². The number of nitrogens with zero attached hydrogens (tertiary/aromatic N) is 1. The van der Waals surface area contributed by atoms with Crippen LogP contribution in [0.2, 0.25) is 5.02 Å². The van der Waals surface area contributed by atoms with Crippen LogP contribution >= 0.6 is 23.8 Å². The Balaban J connectivity index is 2.61. The van der Waals surface area contributed by atoms with Crippen LogP contribution in [0.3, 0.4) is 0 Å². The van der Waals surface area contributed by atoms with Gasteiger partial charge in [-0.25, -0.2) is 0 Å². The third-order valence-corrected chi connectivity index (χ3v) is 3.07. The molecule has 84 valence electrons. The number of hydrogen-bond donors (Lipinski definition) is 1. The summed E-state index contributed by atoms with van der Waals surface area (Å²) in [7, 11) is 0. The zero-order valence-electron chi connectivity index (χ0n) is 9.12. The lowest BCUT2D eigenvalue weighted by molar-refractivity contribution is 1.23. The molecule has 0 amide bonds. The van der Waals surface area contributed by atoms with Crippen molar-refractivity contribution in [1.29, 1.82) is 5.26 Å². The van der Waals surface area contributed by atoms with E-state index >= 15 is 0 Å². The summed E-state index contributed by atoms with van der Waals surface area (Å²) < 4.78 is 0.461. The molecular weight excluding hydrogens is 252 g/mol. The fourth-order valence-electron chi connectivity index (χ4n) is 1.63. The summed E-state index contributed by atoms with van der Waals surface area (Å²) in [5.41, 5.74) is 3.40. The number of aryl methyl sites for hydroxylation is 1. The van der Waals surface area contributed by atoms with E-state index in [1.807, 2.05) is 31.2 Å². The topological polar surface area (TPSA) is 39.6 Å². The maximum Gasteiger partial charge on any atom is 0.121 e. The summed E-state index contributed by atoms with van der Waals surface area (Å²) in [4.78, 5) is 3.08. The second-order valence-corrected chi connectivity index (χ2v) is 4.53. The summed E-state index contributed by atoms with van der Waals surface area (Å²) in [6.45, 7) is 1.94. The van der Waals surface area contributed by atoms with Gasteiger partial charge in [0.05, 0.1) is 5.56 Å². The van der Waals surface area contributed by atoms with Gasteiger partial charge in [-0.15, -0.1) is 0 Å². The van der Waals surface area contributed by atoms with E-state index in [1.54, 1.807) is 6.07 Å². The van der Waals surface area contributed by atoms with Gasteiger partial charge in [-0.05, 0) is 36.2 Å². The zero-order valence-corrected chi connectivity index (χ0v) is 10.7. The largest absolute Gasteiger partial charge is 0.345 e. The molecule has 1 N–H and O–H groups in total. The predicted molar refractivity (Wildman–Crippen MR) is 71.5 cm³/mol. The van der Waals surface area contributed by atoms with Gasteiger partial charge in [0.15, 0.2) is 0 Å². The van der Waals surface area contributed by atoms with E-state index < -0.39 is 0 Å². The molecule has 0 fully saturated rings. The van der Waals surface area contributed by atoms with Crippen LogP contribution in [-0.2, 0) is 0 Å². The van der Waals surface area contributed by atoms with Crippen LogP contribution in [0.15, 0.2) is 30.3 Å². The monoisotopic (exact) mass is 260 g/mol. The van der Waals surface area contributed by atoms with E-state index in [-0.39, 0.29) is 0 Å². The molecular formula is C13H9ClN2S. The predicted octanol–water partition coefficient (Wildman–Crippen LogP) is 4.24. The summed E-state index contributed by atoms with van der Waals surface area (Å²) >= 11 is 11.0. The van der Waals surface area contributed by atoms with Crippen molar-refractivity contribution in [2.75, 3.05) is 0 Å². The van der Waals surface area contributed by atoms with Crippen molar-refractivity contribution in [2.45, 2.75) is 6.92 Å². The first-order chi connectivity index (χ1) is 8.11. The van der Waals surface area contributed by atoms with Gasteiger partial charge in [-0.2, -0.15) is 5.26 Å². The number of aromatic amines is 1. The minimum Gasteiger partial charge on any atom is -0.345 e. The van der Waals surface area contributed by atoms with Gasteiger partial charge < -0.3 is 4.98 Å². The Morgan fingerprint density at radius 3 is 2.53 bits per heavy atom. The van der Waals surface area contributed by atoms with Crippen molar-refractivity contribution in [2.24, 2.45) is 0 Å². The fraction of sp³-hybridized carbons (Fsp3) is 0.0769. The van der Waals surface area contributed by atoms with E-state index in [9.17, 15) is 0 Å². The lowest BCUT2D eigenvalue weighted by Gasteiger charge is -2.07. The molecule has 1 aromatic heterocycles. The van der Waals surface area contributed by atoms with Crippen LogP contribution in [0.25, 0.3) is 11.3 Å². The number of benzene rings is 1. The molecule has 0 aliphatic carbocycles. The maximum atomic E-state index is 8.89. The highest BCUT2D eigenvalue weighted by Crippen LogP contribution is 2.23. The molecule has 0 unspecified atom stereocenters. The maximum absolute atomic E-state index is 8.89. The molecule has 0 radical (unpaired) electrons. The number of H-pyrrole nitrogens is 1. The van der Waals surface area contributed by atoms with E-state index in [1.165, 1.54) is 0 Å². The van der Waals surface area contributed by atoms with Crippen molar-refractivity contribution in [3.05, 3.63) is 51.1 Å². The number of hydrogen-bond acceptors (Lipinski definition) is 2. The van der Waals surface area contributed by atoms with Crippen molar-refractivity contribution in [3.63, 3.8) is 0 Å². The molecule has 1 aromatic carbocycles. The number of aromatic nitrogens is 1. The van der Waals surface area contributed by atoms with Gasteiger partial charge in [-0.3, -0.25) is 0 Å². The molecule has 2 nitrogen and oxygen atoms in total. The van der Waals surface area contributed by atoms with E-state index in [4.69, 9.17) is 29.1 Å². The van der Waals surface area contributed by atoms with Crippen LogP contribution in [0, 0.1) is 22.9 Å². The molecule has 0 aliphatic heterocycles. The minimum absolute atomic E-state index is 0.461. The second-order valence-electron chi connectivity index (χ2n) is 3.69. The Labute approximate surface area is 109 Å². The molecule has 2 aromatic rings. The number of rotatable bonds is 1. The molecule has 1 heterocycles. The smallest absolute Gasteiger partial charge is 0.121 e. The summed E-state index contributed by atoms with van der Waals surface area (Å²) in [6.07, 6.45) is 0. The number of pyridine rings is 1. The Kier molecular flexibility index (Phi) is 3.28. The fourth-order valence-corrected chi connectivity index (χ4v) is 1.97. The van der Waals surface area contributed by atoms with Gasteiger partial charge in [0.25, 0.3) is 0 Å².